The second-order valence-corrected chi connectivity index (χ2v) is 8.99. The Balaban J connectivity index is 1.53. The fourth-order valence-electron chi connectivity index (χ4n) is 3.17. The first kappa shape index (κ1) is 21.6. The number of benzene rings is 1. The average Bonchev–Trinajstić information content (AvgIpc) is 3.32. The first-order valence-electron chi connectivity index (χ1n) is 9.52. The average molecular weight is 461 g/mol. The molecule has 2 N–H and O–H groups in total. The van der Waals surface area contributed by atoms with Gasteiger partial charge in [-0.2, -0.15) is 0 Å². The molecular formula is C22H21ClN2O5S. The zero-order valence-electron chi connectivity index (χ0n) is 17.0. The highest BCUT2D eigenvalue weighted by Crippen LogP contribution is 2.40. The first-order chi connectivity index (χ1) is 14.8. The summed E-state index contributed by atoms with van der Waals surface area (Å²) in [4.78, 5) is 20.7. The summed E-state index contributed by atoms with van der Waals surface area (Å²) < 4.78 is 11.0. The highest BCUT2D eigenvalue weighted by atomic mass is 35.5. The predicted molar refractivity (Wildman–Crippen MR) is 119 cm³/mol. The Morgan fingerprint density at radius 1 is 1.26 bits per heavy atom. The van der Waals surface area contributed by atoms with E-state index in [2.05, 4.69) is 4.98 Å². The van der Waals surface area contributed by atoms with Crippen molar-refractivity contribution >= 4 is 34.5 Å². The number of methoxy groups -OCH3 is 1. The van der Waals surface area contributed by atoms with Crippen LogP contribution in [0.5, 0.6) is 11.5 Å². The number of rotatable bonds is 7. The van der Waals surface area contributed by atoms with Crippen molar-refractivity contribution in [1.82, 2.24) is 4.98 Å². The molecule has 1 amide bonds. The van der Waals surface area contributed by atoms with Gasteiger partial charge in [-0.05, 0) is 42.8 Å². The number of fused-ring (bicyclic) bond motifs is 1. The van der Waals surface area contributed by atoms with E-state index in [9.17, 15) is 15.0 Å². The molecule has 1 aromatic carbocycles. The van der Waals surface area contributed by atoms with E-state index in [1.165, 1.54) is 25.4 Å². The molecule has 31 heavy (non-hydrogen) atoms. The van der Waals surface area contributed by atoms with Crippen LogP contribution in [-0.2, 0) is 6.54 Å². The van der Waals surface area contributed by atoms with Gasteiger partial charge in [0, 0.05) is 18.0 Å². The molecule has 0 aliphatic carbocycles. The second kappa shape index (κ2) is 8.47. The summed E-state index contributed by atoms with van der Waals surface area (Å²) in [6, 6.07) is 10.8. The van der Waals surface area contributed by atoms with Gasteiger partial charge in [0.1, 0.15) is 12.2 Å². The van der Waals surface area contributed by atoms with Crippen molar-refractivity contribution in [1.29, 1.82) is 0 Å². The van der Waals surface area contributed by atoms with Crippen LogP contribution in [0, 0.1) is 0 Å². The third-order valence-electron chi connectivity index (χ3n) is 4.89. The lowest BCUT2D eigenvalue weighted by Gasteiger charge is -2.22. The topological polar surface area (TPSA) is 92.1 Å². The normalized spacial score (nSPS) is 15.0. The summed E-state index contributed by atoms with van der Waals surface area (Å²) in [6.07, 6.45) is 1.59. The molecule has 9 heteroatoms. The van der Waals surface area contributed by atoms with Crippen molar-refractivity contribution in [3.8, 4) is 22.1 Å². The van der Waals surface area contributed by atoms with Gasteiger partial charge in [0.25, 0.3) is 5.91 Å². The lowest BCUT2D eigenvalue weighted by atomic mass is 10.1. The standard InChI is InChI=1S/C22H21ClN2O5S/c1-22(28,11-26)12-30-17-6-4-15(8-18(17)29-2)25-10-13-7-19(31-20(13)21(25)27)16-5-3-14(23)9-24-16/h3-9,26,28H,10-12H2,1-2H3. The van der Waals surface area contributed by atoms with Crippen molar-refractivity contribution in [3.63, 3.8) is 0 Å². The number of hydrogen-bond acceptors (Lipinski definition) is 7. The third kappa shape index (κ3) is 4.38. The van der Waals surface area contributed by atoms with Gasteiger partial charge in [-0.25, -0.2) is 0 Å². The van der Waals surface area contributed by atoms with Crippen molar-refractivity contribution in [3.05, 3.63) is 58.1 Å². The van der Waals surface area contributed by atoms with E-state index < -0.39 is 12.2 Å². The van der Waals surface area contributed by atoms with Crippen LogP contribution in [0.1, 0.15) is 22.2 Å². The van der Waals surface area contributed by atoms with Crippen LogP contribution in [0.3, 0.4) is 0 Å². The van der Waals surface area contributed by atoms with E-state index in [1.54, 1.807) is 35.4 Å². The van der Waals surface area contributed by atoms with Crippen molar-refractivity contribution in [2.45, 2.75) is 19.1 Å². The summed E-state index contributed by atoms with van der Waals surface area (Å²) in [5.41, 5.74) is 1.04. The fraction of sp³-hybridized carbons (Fsp3) is 0.273. The highest BCUT2D eigenvalue weighted by molar-refractivity contribution is 7.17. The number of aliphatic hydroxyl groups excluding tert-OH is 1. The van der Waals surface area contributed by atoms with E-state index in [0.29, 0.717) is 33.6 Å². The van der Waals surface area contributed by atoms with Gasteiger partial charge in [-0.3, -0.25) is 9.78 Å². The van der Waals surface area contributed by atoms with Crippen molar-refractivity contribution in [2.24, 2.45) is 0 Å². The number of anilines is 1. The van der Waals surface area contributed by atoms with Crippen LogP contribution in [0.4, 0.5) is 5.69 Å². The van der Waals surface area contributed by atoms with Crippen molar-refractivity contribution in [2.75, 3.05) is 25.2 Å². The predicted octanol–water partition coefficient (Wildman–Crippen LogP) is 3.75. The molecule has 0 saturated heterocycles. The number of hydrogen-bond donors (Lipinski definition) is 2. The molecule has 0 spiro atoms. The van der Waals surface area contributed by atoms with Gasteiger partial charge in [0.2, 0.25) is 0 Å². The highest BCUT2D eigenvalue weighted by Gasteiger charge is 2.32. The molecule has 0 radical (unpaired) electrons. The van der Waals surface area contributed by atoms with Gasteiger partial charge >= 0.3 is 0 Å². The largest absolute Gasteiger partial charge is 0.493 e. The number of amides is 1. The van der Waals surface area contributed by atoms with Crippen LogP contribution < -0.4 is 14.4 Å². The molecule has 7 nitrogen and oxygen atoms in total. The second-order valence-electron chi connectivity index (χ2n) is 7.50. The lowest BCUT2D eigenvalue weighted by Crippen LogP contribution is -2.36. The molecule has 3 aromatic rings. The molecule has 1 unspecified atom stereocenters. The maximum absolute atomic E-state index is 13.0. The number of halogens is 1. The van der Waals surface area contributed by atoms with Gasteiger partial charge in [0.15, 0.2) is 11.5 Å². The molecule has 3 heterocycles. The SMILES string of the molecule is COc1cc(N2Cc3cc(-c4ccc(Cl)cn4)sc3C2=O)ccc1OCC(C)(O)CO. The van der Waals surface area contributed by atoms with Gasteiger partial charge < -0.3 is 24.6 Å². The third-order valence-corrected chi connectivity index (χ3v) is 6.31. The number of nitrogens with zero attached hydrogens (tertiary/aromatic N) is 2. The molecular weight excluding hydrogens is 440 g/mol. The minimum atomic E-state index is -1.36. The molecule has 1 aliphatic rings. The van der Waals surface area contributed by atoms with E-state index in [0.717, 1.165) is 16.1 Å². The monoisotopic (exact) mass is 460 g/mol. The van der Waals surface area contributed by atoms with Crippen LogP contribution >= 0.6 is 22.9 Å². The molecule has 0 saturated carbocycles. The summed E-state index contributed by atoms with van der Waals surface area (Å²) in [7, 11) is 1.50. The molecule has 4 rings (SSSR count). The van der Waals surface area contributed by atoms with Crippen LogP contribution in [-0.4, -0.2) is 47.0 Å². The number of aromatic nitrogens is 1. The first-order valence-corrected chi connectivity index (χ1v) is 10.7. The molecule has 1 atom stereocenters. The number of aliphatic hydroxyl groups is 2. The Labute approximate surface area is 188 Å². The minimum Gasteiger partial charge on any atom is -0.493 e. The van der Waals surface area contributed by atoms with Crippen LogP contribution in [0.2, 0.25) is 5.02 Å². The lowest BCUT2D eigenvalue weighted by molar-refractivity contribution is -0.0329. The van der Waals surface area contributed by atoms with Gasteiger partial charge in [-0.15, -0.1) is 11.3 Å². The number of thiophene rings is 1. The minimum absolute atomic E-state index is 0.0841. The Hall–Kier alpha value is -2.65. The smallest absolute Gasteiger partial charge is 0.269 e. The molecule has 0 bridgehead atoms. The zero-order chi connectivity index (χ0) is 22.2. The maximum Gasteiger partial charge on any atom is 0.269 e. The number of carbonyl (C=O) groups is 1. The summed E-state index contributed by atoms with van der Waals surface area (Å²) in [5.74, 6) is 0.761. The van der Waals surface area contributed by atoms with E-state index in [1.807, 2.05) is 12.1 Å². The van der Waals surface area contributed by atoms with Crippen molar-refractivity contribution < 1.29 is 24.5 Å². The van der Waals surface area contributed by atoms with Crippen LogP contribution in [0.15, 0.2) is 42.6 Å². The van der Waals surface area contributed by atoms with E-state index >= 15 is 0 Å². The fourth-order valence-corrected chi connectivity index (χ4v) is 4.38. The Morgan fingerprint density at radius 3 is 2.71 bits per heavy atom. The number of pyridine rings is 1. The van der Waals surface area contributed by atoms with Gasteiger partial charge in [-0.1, -0.05) is 11.6 Å². The Kier molecular flexibility index (Phi) is 5.90. The summed E-state index contributed by atoms with van der Waals surface area (Å²) >= 11 is 7.32. The van der Waals surface area contributed by atoms with Gasteiger partial charge in [0.05, 0.1) is 40.7 Å². The maximum atomic E-state index is 13.0. The molecule has 2 aromatic heterocycles. The Morgan fingerprint density at radius 2 is 2.06 bits per heavy atom. The van der Waals surface area contributed by atoms with E-state index in [4.69, 9.17) is 21.1 Å². The number of carbonyl (C=O) groups excluding carboxylic acids is 1. The molecule has 0 fully saturated rings. The molecule has 162 valence electrons. The number of ether oxygens (including phenoxy) is 2. The Bertz CT molecular complexity index is 1110. The van der Waals surface area contributed by atoms with E-state index in [-0.39, 0.29) is 12.5 Å². The summed E-state index contributed by atoms with van der Waals surface area (Å²) in [5, 5.41) is 19.7. The quantitative estimate of drug-likeness (QED) is 0.557. The van der Waals surface area contributed by atoms with Crippen LogP contribution in [0.25, 0.3) is 10.6 Å². The summed E-state index contributed by atoms with van der Waals surface area (Å²) in [6.45, 7) is 1.40. The molecule has 1 aliphatic heterocycles. The zero-order valence-corrected chi connectivity index (χ0v) is 18.5.